The van der Waals surface area contributed by atoms with Gasteiger partial charge in [0.05, 0.1) is 0 Å². The van der Waals surface area contributed by atoms with E-state index < -0.39 is 0 Å². The van der Waals surface area contributed by atoms with Crippen LogP contribution in [0.25, 0.3) is 0 Å². The van der Waals surface area contributed by atoms with Gasteiger partial charge in [0.15, 0.2) is 0 Å². The lowest BCUT2D eigenvalue weighted by atomic mass is 9.75. The van der Waals surface area contributed by atoms with Gasteiger partial charge in [-0.3, -0.25) is 0 Å². The zero-order chi connectivity index (χ0) is 15.7. The molecule has 2 rings (SSSR count). The summed E-state index contributed by atoms with van der Waals surface area (Å²) < 4.78 is 0. The minimum atomic E-state index is 0.168. The van der Waals surface area contributed by atoms with Crippen molar-refractivity contribution < 1.29 is 0 Å². The van der Waals surface area contributed by atoms with Crippen molar-refractivity contribution in [3.63, 3.8) is 0 Å². The van der Waals surface area contributed by atoms with Crippen LogP contribution in [0.2, 0.25) is 0 Å². The molecule has 0 heterocycles. The summed E-state index contributed by atoms with van der Waals surface area (Å²) in [5, 5.41) is 2.90. The van der Waals surface area contributed by atoms with Gasteiger partial charge in [-0.05, 0) is 32.6 Å². The lowest BCUT2D eigenvalue weighted by Gasteiger charge is -2.32. The molecule has 0 saturated carbocycles. The fourth-order valence-corrected chi connectivity index (χ4v) is 4.25. The van der Waals surface area contributed by atoms with Crippen molar-refractivity contribution in [1.29, 1.82) is 0 Å². The van der Waals surface area contributed by atoms with Crippen LogP contribution in [0, 0.1) is 0 Å². The van der Waals surface area contributed by atoms with Crippen molar-refractivity contribution in [1.82, 2.24) is 0 Å². The topological polar surface area (TPSA) is 0 Å². The van der Waals surface area contributed by atoms with Crippen LogP contribution in [0.5, 0.6) is 0 Å². The molecule has 0 nitrogen and oxygen atoms in total. The monoisotopic (exact) mass is 298 g/mol. The van der Waals surface area contributed by atoms with Gasteiger partial charge < -0.3 is 0 Å². The van der Waals surface area contributed by atoms with E-state index in [4.69, 9.17) is 0 Å². The van der Waals surface area contributed by atoms with Gasteiger partial charge in [0.1, 0.15) is 0 Å². The van der Waals surface area contributed by atoms with Gasteiger partial charge in [-0.15, -0.1) is 0 Å². The zero-order valence-corrected chi connectivity index (χ0v) is 15.1. The predicted molar refractivity (Wildman–Crippen MR) is 97.9 cm³/mol. The summed E-state index contributed by atoms with van der Waals surface area (Å²) in [6.07, 6.45) is 0. The number of hydrogen-bond acceptors (Lipinski definition) is 0. The molecule has 112 valence electrons. The molecule has 0 N–H and O–H groups in total. The van der Waals surface area contributed by atoms with Crippen molar-refractivity contribution in [2.45, 2.75) is 52.4 Å². The Morgan fingerprint density at radius 3 is 1.81 bits per heavy atom. The number of rotatable bonds is 2. The van der Waals surface area contributed by atoms with Crippen LogP contribution < -0.4 is 10.6 Å². The quantitative estimate of drug-likeness (QED) is 0.691. The molecule has 0 aromatic heterocycles. The summed E-state index contributed by atoms with van der Waals surface area (Å²) in [4.78, 5) is 0. The first-order chi connectivity index (χ1) is 9.69. The standard InChI is InChI=1S/C20H27P/c1-19(2,3)16-13-10-14-17(18(16)20(4,5)6)21-15-11-8-7-9-12-15/h7-14,21H,1-6H3. The van der Waals surface area contributed by atoms with E-state index in [0.29, 0.717) is 0 Å². The molecule has 1 atom stereocenters. The molecule has 0 aliphatic carbocycles. The largest absolute Gasteiger partial charge is 0.0622 e. The minimum absolute atomic E-state index is 0.168. The SMILES string of the molecule is CC(C)(C)c1cccc(Pc2ccccc2)c1C(C)(C)C. The highest BCUT2D eigenvalue weighted by Crippen LogP contribution is 2.35. The maximum atomic E-state index is 2.33. The third-order valence-corrected chi connectivity index (χ3v) is 4.98. The van der Waals surface area contributed by atoms with E-state index >= 15 is 0 Å². The van der Waals surface area contributed by atoms with Gasteiger partial charge in [-0.25, -0.2) is 0 Å². The highest BCUT2D eigenvalue weighted by molar-refractivity contribution is 7.55. The predicted octanol–water partition coefficient (Wildman–Crippen LogP) is 4.91. The second-order valence-corrected chi connectivity index (χ2v) is 9.09. The van der Waals surface area contributed by atoms with Gasteiger partial charge >= 0.3 is 0 Å². The molecule has 2 aromatic rings. The Hall–Kier alpha value is -1.13. The van der Waals surface area contributed by atoms with Crippen LogP contribution >= 0.6 is 8.58 Å². The number of hydrogen-bond donors (Lipinski definition) is 0. The van der Waals surface area contributed by atoms with E-state index in [-0.39, 0.29) is 10.8 Å². The van der Waals surface area contributed by atoms with Crippen LogP contribution in [-0.4, -0.2) is 0 Å². The first kappa shape index (κ1) is 16.2. The molecule has 0 saturated heterocycles. The molecule has 2 aromatic carbocycles. The maximum Gasteiger partial charge on any atom is -0.0123 e. The summed E-state index contributed by atoms with van der Waals surface area (Å²) in [7, 11) is 0.725. The van der Waals surface area contributed by atoms with E-state index in [1.165, 1.54) is 21.7 Å². The van der Waals surface area contributed by atoms with Gasteiger partial charge in [0.25, 0.3) is 0 Å². The molecule has 0 amide bonds. The maximum absolute atomic E-state index is 2.33. The highest BCUT2D eigenvalue weighted by Gasteiger charge is 2.27. The minimum Gasteiger partial charge on any atom is -0.0622 e. The fraction of sp³-hybridized carbons (Fsp3) is 0.400. The van der Waals surface area contributed by atoms with E-state index in [0.717, 1.165) is 8.58 Å². The van der Waals surface area contributed by atoms with Gasteiger partial charge in [0, 0.05) is 0 Å². The summed E-state index contributed by atoms with van der Waals surface area (Å²) in [6, 6.07) is 17.6. The highest BCUT2D eigenvalue weighted by atomic mass is 31.1. The number of benzene rings is 2. The van der Waals surface area contributed by atoms with Gasteiger partial charge in [-0.1, -0.05) is 98.7 Å². The van der Waals surface area contributed by atoms with E-state index in [1.54, 1.807) is 0 Å². The van der Waals surface area contributed by atoms with Crippen LogP contribution in [0.15, 0.2) is 48.5 Å². The summed E-state index contributed by atoms with van der Waals surface area (Å²) >= 11 is 0. The van der Waals surface area contributed by atoms with Crippen molar-refractivity contribution >= 4 is 19.2 Å². The molecule has 0 spiro atoms. The van der Waals surface area contributed by atoms with Crippen molar-refractivity contribution in [3.05, 3.63) is 59.7 Å². The molecule has 1 heteroatoms. The average molecular weight is 298 g/mol. The molecule has 21 heavy (non-hydrogen) atoms. The van der Waals surface area contributed by atoms with Crippen LogP contribution in [0.3, 0.4) is 0 Å². The Bertz CT molecular complexity index is 598. The van der Waals surface area contributed by atoms with Crippen molar-refractivity contribution in [3.8, 4) is 0 Å². The summed E-state index contributed by atoms with van der Waals surface area (Å²) in [5.41, 5.74) is 3.36. The Morgan fingerprint density at radius 2 is 1.29 bits per heavy atom. The van der Waals surface area contributed by atoms with Gasteiger partial charge in [0.2, 0.25) is 0 Å². The van der Waals surface area contributed by atoms with Crippen molar-refractivity contribution in [2.75, 3.05) is 0 Å². The summed E-state index contributed by atoms with van der Waals surface area (Å²) in [6.45, 7) is 13.9. The lowest BCUT2D eigenvalue weighted by molar-refractivity contribution is 0.533. The molecule has 0 bridgehead atoms. The molecule has 0 fully saturated rings. The van der Waals surface area contributed by atoms with Crippen LogP contribution in [-0.2, 0) is 10.8 Å². The van der Waals surface area contributed by atoms with Gasteiger partial charge in [-0.2, -0.15) is 0 Å². The fourth-order valence-electron chi connectivity index (χ4n) is 2.77. The Balaban J connectivity index is 2.56. The first-order valence-electron chi connectivity index (χ1n) is 7.65. The van der Waals surface area contributed by atoms with E-state index in [9.17, 15) is 0 Å². The third kappa shape index (κ3) is 3.95. The Labute approximate surface area is 131 Å². The van der Waals surface area contributed by atoms with Crippen LogP contribution in [0.4, 0.5) is 0 Å². The molecule has 1 unspecified atom stereocenters. The lowest BCUT2D eigenvalue weighted by Crippen LogP contribution is -2.28. The Kier molecular flexibility index (Phi) is 4.59. The molecule has 0 aliphatic rings. The second-order valence-electron chi connectivity index (χ2n) is 7.72. The zero-order valence-electron chi connectivity index (χ0n) is 14.1. The Morgan fingerprint density at radius 1 is 0.667 bits per heavy atom. The third-order valence-electron chi connectivity index (χ3n) is 3.68. The van der Waals surface area contributed by atoms with Crippen molar-refractivity contribution in [2.24, 2.45) is 0 Å². The normalized spacial score (nSPS) is 13.0. The van der Waals surface area contributed by atoms with E-state index in [1.807, 2.05) is 0 Å². The summed E-state index contributed by atoms with van der Waals surface area (Å²) in [5.74, 6) is 0. The second kappa shape index (κ2) is 5.93. The molecule has 0 aliphatic heterocycles. The molecular formula is C20H27P. The smallest absolute Gasteiger partial charge is 0.0123 e. The average Bonchev–Trinajstić information content (AvgIpc) is 2.37. The first-order valence-corrected chi connectivity index (χ1v) is 8.65. The van der Waals surface area contributed by atoms with E-state index in [2.05, 4.69) is 90.1 Å². The molecular weight excluding hydrogens is 271 g/mol. The molecule has 0 radical (unpaired) electrons. The van der Waals surface area contributed by atoms with Crippen LogP contribution in [0.1, 0.15) is 52.7 Å².